The molecule has 0 saturated carbocycles. The van der Waals surface area contributed by atoms with Crippen LogP contribution in [0, 0.1) is 12.7 Å². The molecular formula is C17H26ClFO. The normalized spacial score (nSPS) is 12.7. The molecule has 0 saturated heterocycles. The number of hydrogen-bond donors (Lipinski definition) is 1. The van der Waals surface area contributed by atoms with Crippen molar-refractivity contribution in [1.29, 1.82) is 0 Å². The van der Waals surface area contributed by atoms with Crippen molar-refractivity contribution in [3.8, 4) is 0 Å². The molecule has 1 unspecified atom stereocenters. The lowest BCUT2D eigenvalue weighted by molar-refractivity contribution is 0.163. The molecule has 20 heavy (non-hydrogen) atoms. The van der Waals surface area contributed by atoms with Gasteiger partial charge in [-0.15, -0.1) is 0 Å². The number of aryl methyl sites for hydroxylation is 1. The second-order valence-corrected chi connectivity index (χ2v) is 5.96. The number of benzene rings is 1. The first-order chi connectivity index (χ1) is 9.56. The summed E-state index contributed by atoms with van der Waals surface area (Å²) in [6.45, 7) is 3.90. The molecule has 1 N–H and O–H groups in total. The number of aliphatic hydroxyl groups excluding tert-OH is 1. The number of halogens is 2. The smallest absolute Gasteiger partial charge is 0.127 e. The fourth-order valence-corrected chi connectivity index (χ4v) is 2.66. The molecule has 0 aliphatic rings. The molecule has 0 fully saturated rings. The van der Waals surface area contributed by atoms with Crippen LogP contribution in [0.3, 0.4) is 0 Å². The maximum Gasteiger partial charge on any atom is 0.127 e. The van der Waals surface area contributed by atoms with E-state index in [4.69, 9.17) is 11.6 Å². The zero-order valence-electron chi connectivity index (χ0n) is 12.6. The lowest BCUT2D eigenvalue weighted by Crippen LogP contribution is -2.00. The summed E-state index contributed by atoms with van der Waals surface area (Å²) in [5.74, 6) is -0.318. The molecule has 1 rings (SSSR count). The second kappa shape index (κ2) is 9.36. The van der Waals surface area contributed by atoms with Gasteiger partial charge in [-0.2, -0.15) is 0 Å². The largest absolute Gasteiger partial charge is 0.388 e. The number of aliphatic hydroxyl groups is 1. The van der Waals surface area contributed by atoms with Gasteiger partial charge in [-0.1, -0.05) is 63.5 Å². The molecule has 3 heteroatoms. The predicted molar refractivity (Wildman–Crippen MR) is 83.7 cm³/mol. The van der Waals surface area contributed by atoms with Gasteiger partial charge in [-0.05, 0) is 36.6 Å². The monoisotopic (exact) mass is 300 g/mol. The lowest BCUT2D eigenvalue weighted by Gasteiger charge is -2.14. The summed E-state index contributed by atoms with van der Waals surface area (Å²) in [7, 11) is 0. The van der Waals surface area contributed by atoms with E-state index >= 15 is 0 Å². The van der Waals surface area contributed by atoms with E-state index in [-0.39, 0.29) is 5.82 Å². The van der Waals surface area contributed by atoms with Crippen LogP contribution in [-0.2, 0) is 0 Å². The van der Waals surface area contributed by atoms with Crippen LogP contribution in [0.5, 0.6) is 0 Å². The topological polar surface area (TPSA) is 20.2 Å². The van der Waals surface area contributed by atoms with E-state index in [9.17, 15) is 9.50 Å². The second-order valence-electron chi connectivity index (χ2n) is 5.55. The standard InChI is InChI=1S/C17H26ClFO/c1-3-4-5-6-7-8-9-10-17(20)14-11-13(2)16(19)12-15(14)18/h11-12,17,20H,3-10H2,1-2H3. The predicted octanol–water partition coefficient (Wildman–Crippen LogP) is 5.96. The Morgan fingerprint density at radius 1 is 1.10 bits per heavy atom. The van der Waals surface area contributed by atoms with E-state index in [1.54, 1.807) is 13.0 Å². The van der Waals surface area contributed by atoms with Crippen LogP contribution in [-0.4, -0.2) is 5.11 Å². The SMILES string of the molecule is CCCCCCCCCC(O)c1cc(C)c(F)cc1Cl. The summed E-state index contributed by atoms with van der Waals surface area (Å²) in [6, 6.07) is 2.95. The first-order valence-corrected chi connectivity index (χ1v) is 8.07. The van der Waals surface area contributed by atoms with Crippen LogP contribution in [0.4, 0.5) is 4.39 Å². The van der Waals surface area contributed by atoms with E-state index in [2.05, 4.69) is 6.92 Å². The molecule has 0 aliphatic heterocycles. The average Bonchev–Trinajstić information content (AvgIpc) is 2.41. The molecule has 0 radical (unpaired) electrons. The van der Waals surface area contributed by atoms with Crippen LogP contribution in [0.2, 0.25) is 5.02 Å². The Bertz CT molecular complexity index is 406. The van der Waals surface area contributed by atoms with Gasteiger partial charge in [0.15, 0.2) is 0 Å². The minimum atomic E-state index is -0.586. The molecule has 114 valence electrons. The fourth-order valence-electron chi connectivity index (χ4n) is 2.39. The molecule has 0 heterocycles. The average molecular weight is 301 g/mol. The van der Waals surface area contributed by atoms with Gasteiger partial charge >= 0.3 is 0 Å². The molecule has 1 atom stereocenters. The van der Waals surface area contributed by atoms with E-state index in [1.165, 1.54) is 38.2 Å². The van der Waals surface area contributed by atoms with E-state index in [1.807, 2.05) is 0 Å². The third-order valence-electron chi connectivity index (χ3n) is 3.72. The van der Waals surface area contributed by atoms with Crippen molar-refractivity contribution in [2.24, 2.45) is 0 Å². The Morgan fingerprint density at radius 3 is 2.35 bits per heavy atom. The van der Waals surface area contributed by atoms with Gasteiger partial charge in [0.25, 0.3) is 0 Å². The third kappa shape index (κ3) is 5.80. The maximum absolute atomic E-state index is 13.3. The van der Waals surface area contributed by atoms with Crippen molar-refractivity contribution in [3.05, 3.63) is 34.1 Å². The molecule has 0 aromatic heterocycles. The Morgan fingerprint density at radius 2 is 1.70 bits per heavy atom. The van der Waals surface area contributed by atoms with E-state index in [0.29, 0.717) is 22.6 Å². The van der Waals surface area contributed by atoms with Crippen molar-refractivity contribution >= 4 is 11.6 Å². The Labute approximate surface area is 127 Å². The van der Waals surface area contributed by atoms with Gasteiger partial charge in [0.05, 0.1) is 6.10 Å². The zero-order chi connectivity index (χ0) is 15.0. The van der Waals surface area contributed by atoms with Crippen molar-refractivity contribution in [2.75, 3.05) is 0 Å². The lowest BCUT2D eigenvalue weighted by atomic mass is 10.00. The van der Waals surface area contributed by atoms with E-state index in [0.717, 1.165) is 12.8 Å². The van der Waals surface area contributed by atoms with Gasteiger partial charge in [-0.25, -0.2) is 4.39 Å². The first-order valence-electron chi connectivity index (χ1n) is 7.69. The Balaban J connectivity index is 2.32. The van der Waals surface area contributed by atoms with Crippen LogP contribution >= 0.6 is 11.6 Å². The minimum absolute atomic E-state index is 0.318. The number of rotatable bonds is 9. The Hall–Kier alpha value is -0.600. The van der Waals surface area contributed by atoms with Crippen molar-refractivity contribution in [2.45, 2.75) is 71.3 Å². The van der Waals surface area contributed by atoms with Gasteiger partial charge < -0.3 is 5.11 Å². The summed E-state index contributed by atoms with van der Waals surface area (Å²) < 4.78 is 13.3. The number of unbranched alkanes of at least 4 members (excludes halogenated alkanes) is 6. The fraction of sp³-hybridized carbons (Fsp3) is 0.647. The summed E-state index contributed by atoms with van der Waals surface area (Å²) in [5.41, 5.74) is 1.18. The highest BCUT2D eigenvalue weighted by Gasteiger charge is 2.13. The van der Waals surface area contributed by atoms with Gasteiger partial charge in [0.2, 0.25) is 0 Å². The maximum atomic E-state index is 13.3. The van der Waals surface area contributed by atoms with Gasteiger partial charge in [-0.3, -0.25) is 0 Å². The van der Waals surface area contributed by atoms with Gasteiger partial charge in [0.1, 0.15) is 5.82 Å². The highest BCUT2D eigenvalue weighted by Crippen LogP contribution is 2.29. The molecule has 1 nitrogen and oxygen atoms in total. The van der Waals surface area contributed by atoms with Crippen LogP contribution in [0.1, 0.15) is 75.5 Å². The van der Waals surface area contributed by atoms with Crippen molar-refractivity contribution in [1.82, 2.24) is 0 Å². The van der Waals surface area contributed by atoms with Crippen LogP contribution < -0.4 is 0 Å². The molecule has 1 aromatic carbocycles. The third-order valence-corrected chi connectivity index (χ3v) is 4.05. The molecule has 0 amide bonds. The van der Waals surface area contributed by atoms with Crippen LogP contribution in [0.25, 0.3) is 0 Å². The van der Waals surface area contributed by atoms with Gasteiger partial charge in [0, 0.05) is 5.02 Å². The highest BCUT2D eigenvalue weighted by atomic mass is 35.5. The quantitative estimate of drug-likeness (QED) is 0.558. The van der Waals surface area contributed by atoms with Crippen molar-refractivity contribution < 1.29 is 9.50 Å². The minimum Gasteiger partial charge on any atom is -0.388 e. The molecular weight excluding hydrogens is 275 g/mol. The summed E-state index contributed by atoms with van der Waals surface area (Å²) in [4.78, 5) is 0. The first kappa shape index (κ1) is 17.5. The highest BCUT2D eigenvalue weighted by molar-refractivity contribution is 6.31. The molecule has 0 aliphatic carbocycles. The summed E-state index contributed by atoms with van der Waals surface area (Å²) >= 11 is 5.99. The summed E-state index contributed by atoms with van der Waals surface area (Å²) in [6.07, 6.45) is 8.62. The zero-order valence-corrected chi connectivity index (χ0v) is 13.3. The molecule has 1 aromatic rings. The van der Waals surface area contributed by atoms with Crippen molar-refractivity contribution in [3.63, 3.8) is 0 Å². The summed E-state index contributed by atoms with van der Waals surface area (Å²) in [5, 5.41) is 10.5. The molecule has 0 bridgehead atoms. The number of hydrogen-bond acceptors (Lipinski definition) is 1. The van der Waals surface area contributed by atoms with Crippen LogP contribution in [0.15, 0.2) is 12.1 Å². The molecule has 0 spiro atoms. The van der Waals surface area contributed by atoms with E-state index < -0.39 is 6.10 Å². The Kier molecular flexibility index (Phi) is 8.16.